The molecule has 0 aromatic rings. The maximum Gasteiger partial charge on any atom is 0.391 e. The van der Waals surface area contributed by atoms with Gasteiger partial charge in [0, 0.05) is 50.2 Å². The molecule has 2 aliphatic carbocycles. The second kappa shape index (κ2) is 11.7. The molecule has 2 aliphatic heterocycles. The number of nitrogens with one attached hydrogen (secondary N) is 4. The van der Waals surface area contributed by atoms with Gasteiger partial charge in [0.05, 0.1) is 5.92 Å². The molecule has 0 amide bonds. The van der Waals surface area contributed by atoms with E-state index in [1.54, 1.807) is 0 Å². The van der Waals surface area contributed by atoms with Crippen molar-refractivity contribution in [1.29, 1.82) is 0 Å². The Bertz CT molecular complexity index is 609. The molecule has 7 nitrogen and oxygen atoms in total. The minimum atomic E-state index is -4.12. The molecule has 4 aliphatic rings. The van der Waals surface area contributed by atoms with E-state index in [1.807, 2.05) is 6.92 Å². The first kappa shape index (κ1) is 25.9. The van der Waals surface area contributed by atoms with Crippen molar-refractivity contribution in [3.8, 4) is 0 Å². The van der Waals surface area contributed by atoms with Crippen molar-refractivity contribution in [3.05, 3.63) is 0 Å². The van der Waals surface area contributed by atoms with Gasteiger partial charge in [-0.3, -0.25) is 31.1 Å². The summed E-state index contributed by atoms with van der Waals surface area (Å²) in [6, 6.07) is 0.402. The molecular weight excluding hydrogens is 457 g/mol. The van der Waals surface area contributed by atoms with Crippen molar-refractivity contribution in [2.75, 3.05) is 32.8 Å². The molecule has 0 aromatic heterocycles. The predicted octanol–water partition coefficient (Wildman–Crippen LogP) is 2.53. The number of alkyl halides is 4. The van der Waals surface area contributed by atoms with Gasteiger partial charge in [-0.1, -0.05) is 12.8 Å². The molecule has 4 fully saturated rings. The van der Waals surface area contributed by atoms with E-state index in [2.05, 4.69) is 31.1 Å². The molecule has 7 atom stereocenters. The summed E-state index contributed by atoms with van der Waals surface area (Å²) in [4.78, 5) is 4.93. The van der Waals surface area contributed by atoms with E-state index < -0.39 is 12.1 Å². The third-order valence-electron chi connectivity index (χ3n) is 7.64. The highest BCUT2D eigenvalue weighted by Crippen LogP contribution is 2.37. The van der Waals surface area contributed by atoms with Crippen LogP contribution in [-0.2, 0) is 4.74 Å². The zero-order chi connectivity index (χ0) is 23.4. The van der Waals surface area contributed by atoms with Crippen LogP contribution in [0.15, 0.2) is 0 Å². The Hall–Kier alpha value is -0.200. The minimum absolute atomic E-state index is 0.114. The van der Waals surface area contributed by atoms with Crippen LogP contribution in [0.2, 0.25) is 0 Å². The quantitative estimate of drug-likeness (QED) is 0.421. The Labute approximate surface area is 200 Å². The van der Waals surface area contributed by atoms with Gasteiger partial charge in [-0.05, 0) is 45.4 Å². The van der Waals surface area contributed by atoms with E-state index in [0.29, 0.717) is 24.4 Å². The van der Waals surface area contributed by atoms with E-state index >= 15 is 0 Å². The molecule has 33 heavy (non-hydrogen) atoms. The third kappa shape index (κ3) is 7.16. The van der Waals surface area contributed by atoms with E-state index in [0.717, 1.165) is 45.4 Å². The van der Waals surface area contributed by atoms with Crippen LogP contribution in [0.4, 0.5) is 13.2 Å². The number of nitrogens with zero attached hydrogens (tertiary/aromatic N) is 2. The highest BCUT2D eigenvalue weighted by Gasteiger charge is 2.43. The average molecular weight is 497 g/mol. The van der Waals surface area contributed by atoms with Gasteiger partial charge in [0.15, 0.2) is 6.35 Å². The fourth-order valence-corrected chi connectivity index (χ4v) is 6.20. The molecule has 2 heterocycles. The van der Waals surface area contributed by atoms with Crippen molar-refractivity contribution in [2.24, 2.45) is 5.92 Å². The molecule has 4 rings (SSSR count). The van der Waals surface area contributed by atoms with Crippen LogP contribution in [0.5, 0.6) is 0 Å². The summed E-state index contributed by atoms with van der Waals surface area (Å²) < 4.78 is 45.5. The summed E-state index contributed by atoms with van der Waals surface area (Å²) in [7, 11) is 0. The lowest BCUT2D eigenvalue weighted by molar-refractivity contribution is -0.184. The van der Waals surface area contributed by atoms with E-state index in [9.17, 15) is 13.2 Å². The van der Waals surface area contributed by atoms with Crippen LogP contribution < -0.4 is 21.3 Å². The fourth-order valence-electron chi connectivity index (χ4n) is 5.84. The molecule has 7 unspecified atom stereocenters. The van der Waals surface area contributed by atoms with Gasteiger partial charge in [0.2, 0.25) is 0 Å². The number of hydrogen-bond acceptors (Lipinski definition) is 7. The zero-order valence-corrected chi connectivity index (χ0v) is 20.3. The van der Waals surface area contributed by atoms with Crippen molar-refractivity contribution < 1.29 is 17.9 Å². The SMILES string of the molecule is CCOC1NC(NC2CCCC(C(F)(F)F)C2)NC(N2CCN(C3CCCC(Cl)C3)CC2)N1. The van der Waals surface area contributed by atoms with Crippen molar-refractivity contribution in [3.63, 3.8) is 0 Å². The number of halogens is 4. The highest BCUT2D eigenvalue weighted by atomic mass is 35.5. The summed E-state index contributed by atoms with van der Waals surface area (Å²) in [6.45, 7) is 6.30. The van der Waals surface area contributed by atoms with Crippen molar-refractivity contribution >= 4 is 11.6 Å². The van der Waals surface area contributed by atoms with Crippen molar-refractivity contribution in [2.45, 2.75) is 101 Å². The Kier molecular flexibility index (Phi) is 9.17. The van der Waals surface area contributed by atoms with Gasteiger partial charge >= 0.3 is 6.18 Å². The molecule has 2 saturated carbocycles. The second-order valence-corrected chi connectivity index (χ2v) is 10.5. The number of piperazine rings is 1. The highest BCUT2D eigenvalue weighted by molar-refractivity contribution is 6.20. The molecule has 0 bridgehead atoms. The molecule has 4 N–H and O–H groups in total. The molecule has 11 heteroatoms. The standard InChI is InChI=1S/C22H40ClF3N6O/c1-2-33-21-29-19(27-17-7-3-5-15(13-17)22(24,25)26)28-20(30-21)32-11-9-31(10-12-32)18-8-4-6-16(23)14-18/h15-21,27-30H,2-14H2,1H3. The third-order valence-corrected chi connectivity index (χ3v) is 8.03. The number of ether oxygens (including phenoxy) is 1. The lowest BCUT2D eigenvalue weighted by Crippen LogP contribution is -2.77. The lowest BCUT2D eigenvalue weighted by atomic mass is 9.85. The first-order chi connectivity index (χ1) is 15.8. The number of hydrogen-bond donors (Lipinski definition) is 4. The minimum Gasteiger partial charge on any atom is -0.350 e. The van der Waals surface area contributed by atoms with Crippen LogP contribution in [-0.4, -0.2) is 85.2 Å². The van der Waals surface area contributed by atoms with Crippen molar-refractivity contribution in [1.82, 2.24) is 31.1 Å². The van der Waals surface area contributed by atoms with Crippen LogP contribution in [0.1, 0.15) is 58.3 Å². The topological polar surface area (TPSA) is 63.8 Å². The molecule has 192 valence electrons. The monoisotopic (exact) mass is 496 g/mol. The Morgan fingerprint density at radius 3 is 2.36 bits per heavy atom. The fraction of sp³-hybridized carbons (Fsp3) is 1.00. The van der Waals surface area contributed by atoms with E-state index in [-0.39, 0.29) is 37.8 Å². The first-order valence-electron chi connectivity index (χ1n) is 12.7. The largest absolute Gasteiger partial charge is 0.391 e. The summed E-state index contributed by atoms with van der Waals surface area (Å²) in [5.74, 6) is -1.22. The zero-order valence-electron chi connectivity index (χ0n) is 19.5. The van der Waals surface area contributed by atoms with Gasteiger partial charge in [0.1, 0.15) is 12.6 Å². The normalized spacial score (nSPS) is 40.1. The van der Waals surface area contributed by atoms with E-state index in [4.69, 9.17) is 16.3 Å². The van der Waals surface area contributed by atoms with Crippen LogP contribution in [0.3, 0.4) is 0 Å². The maximum atomic E-state index is 13.2. The number of rotatable bonds is 6. The van der Waals surface area contributed by atoms with Gasteiger partial charge in [0.25, 0.3) is 0 Å². The molecule has 0 aromatic carbocycles. The van der Waals surface area contributed by atoms with E-state index in [1.165, 1.54) is 12.8 Å². The van der Waals surface area contributed by atoms with Crippen LogP contribution in [0.25, 0.3) is 0 Å². The Morgan fingerprint density at radius 2 is 1.67 bits per heavy atom. The molecule has 0 spiro atoms. The summed E-state index contributed by atoms with van der Waals surface area (Å²) in [6.07, 6.45) is 1.42. The summed E-state index contributed by atoms with van der Waals surface area (Å²) in [5.41, 5.74) is 0. The second-order valence-electron chi connectivity index (χ2n) is 9.93. The van der Waals surface area contributed by atoms with Crippen LogP contribution in [0, 0.1) is 5.92 Å². The Morgan fingerprint density at radius 1 is 0.939 bits per heavy atom. The van der Waals surface area contributed by atoms with Gasteiger partial charge in [-0.25, -0.2) is 0 Å². The smallest absolute Gasteiger partial charge is 0.350 e. The predicted molar refractivity (Wildman–Crippen MR) is 122 cm³/mol. The maximum absolute atomic E-state index is 13.2. The Balaban J connectivity index is 1.31. The molecule has 2 saturated heterocycles. The first-order valence-corrected chi connectivity index (χ1v) is 13.1. The molecular formula is C22H40ClF3N6O. The molecule has 0 radical (unpaired) electrons. The van der Waals surface area contributed by atoms with Crippen LogP contribution >= 0.6 is 11.6 Å². The van der Waals surface area contributed by atoms with Gasteiger partial charge < -0.3 is 4.74 Å². The summed E-state index contributed by atoms with van der Waals surface area (Å²) in [5, 5.41) is 13.9. The van der Waals surface area contributed by atoms with Gasteiger partial charge in [-0.15, -0.1) is 11.6 Å². The average Bonchev–Trinajstić information content (AvgIpc) is 2.79. The lowest BCUT2D eigenvalue weighted by Gasteiger charge is -2.48. The van der Waals surface area contributed by atoms with Gasteiger partial charge in [-0.2, -0.15) is 13.2 Å². The summed E-state index contributed by atoms with van der Waals surface area (Å²) >= 11 is 6.41.